The number of ether oxygens (including phenoxy) is 1. The minimum atomic E-state index is -0.254. The molecule has 4 nitrogen and oxygen atoms in total. The van der Waals surface area contributed by atoms with Crippen molar-refractivity contribution in [3.8, 4) is 18.1 Å². The molecule has 19 heavy (non-hydrogen) atoms. The van der Waals surface area contributed by atoms with Crippen molar-refractivity contribution in [2.75, 3.05) is 20.2 Å². The van der Waals surface area contributed by atoms with E-state index >= 15 is 0 Å². The molecule has 0 fully saturated rings. The van der Waals surface area contributed by atoms with Crippen molar-refractivity contribution in [3.05, 3.63) is 28.8 Å². The van der Waals surface area contributed by atoms with Gasteiger partial charge in [0, 0.05) is 16.6 Å². The average Bonchev–Trinajstić information content (AvgIpc) is 2.42. The van der Waals surface area contributed by atoms with Crippen LogP contribution in [0.5, 0.6) is 5.75 Å². The minimum absolute atomic E-state index is 0.0717. The lowest BCUT2D eigenvalue weighted by Gasteiger charge is -2.16. The van der Waals surface area contributed by atoms with Crippen molar-refractivity contribution in [2.45, 2.75) is 13.0 Å². The molecule has 0 aliphatic heterocycles. The molecule has 0 aliphatic rings. The highest BCUT2D eigenvalue weighted by Crippen LogP contribution is 2.28. The molecular weight excluding hydrogens is 264 g/mol. The molecule has 102 valence electrons. The van der Waals surface area contributed by atoms with E-state index in [0.29, 0.717) is 10.8 Å². The van der Waals surface area contributed by atoms with Gasteiger partial charge in [-0.2, -0.15) is 0 Å². The van der Waals surface area contributed by atoms with Crippen LogP contribution in [0.15, 0.2) is 18.2 Å². The Kier molecular flexibility index (Phi) is 6.20. The van der Waals surface area contributed by atoms with Gasteiger partial charge in [0.05, 0.1) is 6.54 Å². The molecule has 0 spiro atoms. The summed E-state index contributed by atoms with van der Waals surface area (Å²) in [6, 6.07) is 5.36. The Bertz CT molecular complexity index is 483. The second-order valence-electron chi connectivity index (χ2n) is 3.96. The number of hydrogen-bond donors (Lipinski definition) is 2. The molecule has 1 unspecified atom stereocenters. The highest BCUT2D eigenvalue weighted by molar-refractivity contribution is 6.30. The molecule has 1 aromatic carbocycles. The maximum atomic E-state index is 11.4. The largest absolute Gasteiger partial charge is 0.483 e. The first-order valence-electron chi connectivity index (χ1n) is 5.88. The highest BCUT2D eigenvalue weighted by atomic mass is 35.5. The summed E-state index contributed by atoms with van der Waals surface area (Å²) in [5.41, 5.74) is 0.903. The summed E-state index contributed by atoms with van der Waals surface area (Å²) in [6.45, 7) is 2.10. The van der Waals surface area contributed by atoms with Crippen molar-refractivity contribution in [1.29, 1.82) is 0 Å². The zero-order valence-corrected chi connectivity index (χ0v) is 11.8. The monoisotopic (exact) mass is 280 g/mol. The Morgan fingerprint density at radius 1 is 1.58 bits per heavy atom. The fourth-order valence-corrected chi connectivity index (χ4v) is 1.67. The van der Waals surface area contributed by atoms with Crippen LogP contribution in [0.4, 0.5) is 0 Å². The third-order valence-corrected chi connectivity index (χ3v) is 2.85. The van der Waals surface area contributed by atoms with E-state index in [0.717, 1.165) is 5.56 Å². The van der Waals surface area contributed by atoms with Crippen LogP contribution in [0.2, 0.25) is 5.02 Å². The summed E-state index contributed by atoms with van der Waals surface area (Å²) in [5, 5.41) is 6.27. The number of benzene rings is 1. The smallest absolute Gasteiger partial charge is 0.258 e. The fourth-order valence-electron chi connectivity index (χ4n) is 1.49. The minimum Gasteiger partial charge on any atom is -0.483 e. The zero-order chi connectivity index (χ0) is 14.3. The van der Waals surface area contributed by atoms with Gasteiger partial charge >= 0.3 is 0 Å². The van der Waals surface area contributed by atoms with E-state index < -0.39 is 0 Å². The van der Waals surface area contributed by atoms with E-state index in [-0.39, 0.29) is 25.1 Å². The van der Waals surface area contributed by atoms with E-state index in [1.807, 2.05) is 20.0 Å². The lowest BCUT2D eigenvalue weighted by molar-refractivity contribution is -0.122. The average molecular weight is 281 g/mol. The molecule has 5 heteroatoms. The number of amides is 1. The van der Waals surface area contributed by atoms with Gasteiger partial charge in [-0.05, 0) is 32.2 Å². The summed E-state index contributed by atoms with van der Waals surface area (Å²) >= 11 is 5.96. The lowest BCUT2D eigenvalue weighted by atomic mass is 10.1. The molecule has 0 heterocycles. The van der Waals surface area contributed by atoms with Crippen LogP contribution in [-0.2, 0) is 4.79 Å². The first-order chi connectivity index (χ1) is 9.08. The number of rotatable bonds is 6. The van der Waals surface area contributed by atoms with Gasteiger partial charge in [-0.25, -0.2) is 0 Å². The van der Waals surface area contributed by atoms with E-state index in [1.165, 1.54) is 0 Å². The van der Waals surface area contributed by atoms with Crippen LogP contribution in [0.25, 0.3) is 0 Å². The molecule has 1 rings (SSSR count). The summed E-state index contributed by atoms with van der Waals surface area (Å²) < 4.78 is 5.49. The van der Waals surface area contributed by atoms with Crippen LogP contribution in [-0.4, -0.2) is 26.1 Å². The van der Waals surface area contributed by atoms with Crippen molar-refractivity contribution >= 4 is 17.5 Å². The quantitative estimate of drug-likeness (QED) is 0.781. The molecular formula is C14H17ClN2O2. The van der Waals surface area contributed by atoms with Crippen LogP contribution in [0.1, 0.15) is 18.5 Å². The molecule has 1 aromatic rings. The van der Waals surface area contributed by atoms with Crippen LogP contribution >= 0.6 is 11.6 Å². The van der Waals surface area contributed by atoms with E-state index in [2.05, 4.69) is 16.6 Å². The second-order valence-corrected chi connectivity index (χ2v) is 4.40. The Morgan fingerprint density at radius 3 is 2.95 bits per heavy atom. The fraction of sp³-hybridized carbons (Fsp3) is 0.357. The highest BCUT2D eigenvalue weighted by Gasteiger charge is 2.12. The third-order valence-electron chi connectivity index (χ3n) is 2.62. The van der Waals surface area contributed by atoms with Crippen LogP contribution < -0.4 is 15.4 Å². The molecule has 2 N–H and O–H groups in total. The predicted octanol–water partition coefficient (Wildman–Crippen LogP) is 1.75. The molecule has 0 aliphatic carbocycles. The maximum Gasteiger partial charge on any atom is 0.258 e. The normalized spacial score (nSPS) is 11.5. The molecule has 0 radical (unpaired) electrons. The number of nitrogens with one attached hydrogen (secondary N) is 2. The molecule has 0 bridgehead atoms. The van der Waals surface area contributed by atoms with E-state index in [4.69, 9.17) is 22.8 Å². The van der Waals surface area contributed by atoms with Crippen molar-refractivity contribution in [2.24, 2.45) is 0 Å². The molecule has 0 saturated heterocycles. The Morgan fingerprint density at radius 2 is 2.32 bits per heavy atom. The predicted molar refractivity (Wildman–Crippen MR) is 76.3 cm³/mol. The molecule has 0 aromatic heterocycles. The number of terminal acetylenes is 1. The van der Waals surface area contributed by atoms with Gasteiger partial charge in [0.1, 0.15) is 5.75 Å². The first-order valence-corrected chi connectivity index (χ1v) is 6.26. The summed E-state index contributed by atoms with van der Waals surface area (Å²) in [4.78, 5) is 11.4. The molecule has 1 amide bonds. The topological polar surface area (TPSA) is 50.4 Å². The van der Waals surface area contributed by atoms with Gasteiger partial charge in [-0.15, -0.1) is 6.42 Å². The van der Waals surface area contributed by atoms with E-state index in [9.17, 15) is 4.79 Å². The summed E-state index contributed by atoms with van der Waals surface area (Å²) in [5.74, 6) is 2.70. The Labute approximate surface area is 118 Å². The van der Waals surface area contributed by atoms with Gasteiger partial charge in [0.2, 0.25) is 0 Å². The van der Waals surface area contributed by atoms with Crippen LogP contribution in [0, 0.1) is 12.3 Å². The number of carbonyl (C=O) groups excluding carboxylic acids is 1. The van der Waals surface area contributed by atoms with Gasteiger partial charge in [0.15, 0.2) is 6.61 Å². The summed E-state index contributed by atoms with van der Waals surface area (Å²) in [7, 11) is 1.84. The maximum absolute atomic E-state index is 11.4. The molecule has 1 atom stereocenters. The third kappa shape index (κ3) is 4.82. The van der Waals surface area contributed by atoms with E-state index in [1.54, 1.807) is 12.1 Å². The Hall–Kier alpha value is -1.70. The standard InChI is InChI=1S/C14H17ClN2O2/c1-4-7-17-14(18)9-19-13-6-5-11(15)8-12(13)10(2)16-3/h1,5-6,8,10,16H,7,9H2,2-3H3,(H,17,18). The van der Waals surface area contributed by atoms with Gasteiger partial charge in [0.25, 0.3) is 5.91 Å². The van der Waals surface area contributed by atoms with Crippen molar-refractivity contribution < 1.29 is 9.53 Å². The zero-order valence-electron chi connectivity index (χ0n) is 11.0. The lowest BCUT2D eigenvalue weighted by Crippen LogP contribution is -2.29. The van der Waals surface area contributed by atoms with Crippen LogP contribution in [0.3, 0.4) is 0 Å². The van der Waals surface area contributed by atoms with Crippen molar-refractivity contribution in [1.82, 2.24) is 10.6 Å². The second kappa shape index (κ2) is 7.67. The number of carbonyl (C=O) groups is 1. The SMILES string of the molecule is C#CCNC(=O)COc1ccc(Cl)cc1C(C)NC. The first kappa shape index (κ1) is 15.4. The van der Waals surface area contributed by atoms with Crippen molar-refractivity contribution in [3.63, 3.8) is 0 Å². The summed E-state index contributed by atoms with van der Waals surface area (Å²) in [6.07, 6.45) is 5.05. The number of hydrogen-bond acceptors (Lipinski definition) is 3. The molecule has 0 saturated carbocycles. The van der Waals surface area contributed by atoms with Gasteiger partial charge in [-0.1, -0.05) is 17.5 Å². The van der Waals surface area contributed by atoms with Gasteiger partial charge in [-0.3, -0.25) is 4.79 Å². The van der Waals surface area contributed by atoms with Gasteiger partial charge < -0.3 is 15.4 Å². The Balaban J connectivity index is 2.72. The number of halogens is 1.